The maximum Gasteiger partial charge on any atom is 0.311 e. The number of nitrogens with zero attached hydrogens (tertiary/aromatic N) is 4. The van der Waals surface area contributed by atoms with Crippen molar-refractivity contribution in [3.05, 3.63) is 246 Å². The molecule has 0 bridgehead atoms. The molecule has 0 amide bonds. The summed E-state index contributed by atoms with van der Waals surface area (Å²) in [5.74, 6) is 6.10. The van der Waals surface area contributed by atoms with Crippen molar-refractivity contribution in [3.63, 3.8) is 0 Å². The molecule has 0 aromatic heterocycles. The predicted molar refractivity (Wildman–Crippen MR) is 495 cm³/mol. The fraction of sp³-hybridized carbons (Fsp3) is 0.434. The van der Waals surface area contributed by atoms with Crippen LogP contribution in [-0.2, 0) is 45.6 Å². The zero-order valence-electron chi connectivity index (χ0n) is 76.7. The molecule has 22 heteroatoms. The highest BCUT2D eigenvalue weighted by atomic mass is 16.5. The number of fused-ring (bicyclic) bond motifs is 8. The summed E-state index contributed by atoms with van der Waals surface area (Å²) in [4.78, 5) is 56.0. The zero-order chi connectivity index (χ0) is 90.7. The topological polar surface area (TPSA) is 254 Å². The maximum absolute atomic E-state index is 12.0. The molecule has 8 aromatic rings. The van der Waals surface area contributed by atoms with Crippen LogP contribution in [0.5, 0.6) is 57.5 Å². The number of ether oxygens (including phenoxy) is 10. The molecule has 4 N–H and O–H groups in total. The summed E-state index contributed by atoms with van der Waals surface area (Å²) in [7, 11) is 10.1. The first-order valence-corrected chi connectivity index (χ1v) is 45.0. The Balaban J connectivity index is 0.000000131. The fourth-order valence-electron chi connectivity index (χ4n) is 20.0. The average molecular weight is 1740 g/mol. The molecule has 8 heterocycles. The van der Waals surface area contributed by atoms with Crippen LogP contribution in [-0.4, -0.2) is 185 Å². The summed E-state index contributed by atoms with van der Waals surface area (Å²) < 4.78 is 57.7. The molecule has 0 radical (unpaired) electrons. The number of piperidine rings is 4. The third-order valence-electron chi connectivity index (χ3n) is 28.2. The van der Waals surface area contributed by atoms with Crippen molar-refractivity contribution in [1.82, 2.24) is 19.6 Å². The Kier molecular flexibility index (Phi) is 27.4. The molecule has 2 aliphatic carbocycles. The van der Waals surface area contributed by atoms with Crippen molar-refractivity contribution < 1.29 is 87.0 Å². The largest absolute Gasteiger partial charge is 0.497 e. The molecule has 4 saturated heterocycles. The number of hydrogen-bond donors (Lipinski definition) is 4. The molecular weight excluding hydrogens is 1620 g/mol. The van der Waals surface area contributed by atoms with Crippen molar-refractivity contribution in [3.8, 4) is 57.5 Å². The second kappa shape index (κ2) is 38.4. The Morgan fingerprint density at radius 2 is 0.602 bits per heavy atom. The maximum atomic E-state index is 12.0. The lowest BCUT2D eigenvalue weighted by molar-refractivity contribution is -0.148. The summed E-state index contributed by atoms with van der Waals surface area (Å²) in [5, 5.41) is 38.4. The van der Waals surface area contributed by atoms with Gasteiger partial charge in [0.1, 0.15) is 83.9 Å². The van der Waals surface area contributed by atoms with E-state index >= 15 is 0 Å². The van der Waals surface area contributed by atoms with E-state index in [1.54, 1.807) is 70.4 Å². The first kappa shape index (κ1) is 91.2. The first-order chi connectivity index (χ1) is 61.5. The lowest BCUT2D eigenvalue weighted by Crippen LogP contribution is -2.42. The van der Waals surface area contributed by atoms with Gasteiger partial charge in [0, 0.05) is 123 Å². The molecule has 6 fully saturated rings. The van der Waals surface area contributed by atoms with Crippen LogP contribution in [0.1, 0.15) is 184 Å². The summed E-state index contributed by atoms with van der Waals surface area (Å²) >= 11 is 0. The standard InChI is InChI=1S/C28H33NO5.C26H31NO5.C26H29NO4.C26H31NO4/c1-17-18(2)28(17,27(30)31)16-29-11-9-19(10-12-29)26-23-7-5-21(32-3)13-20(23)15-34-25-8-6-22(33-4)14-24(25)26;1-26(2,25(28)29)16-27-11-9-17(10-12-27)24-21-7-5-19(30-3)13-18(21)15-32-23-8-6-20(31-4)14-22(23)24;1-17-3-6-23-22(13-17)24(21-5-4-20(30-2)14-19(21)15-31-23)18-7-11-27(12-8-18)16-26(9-10-26)25(28)29;1-17-5-8-23-22(13-17)24(21-7-6-20(30-4)14-19(21)15-31-23)18-9-11-27(12-10-18)16-26(2,3)25(28)29/h5-8,13-14,17-18H,9-12,15-16H2,1-4H3,(H,30,31);5-8,13-14H,9-12,15-16H2,1-4H3,(H,28,29);3-6,13-14H,7-12,15-16H2,1-2H3,(H,28,29);5-8,13-14H,9-12,15-16H2,1-4H3,(H,28,29). The molecule has 8 aromatic carbocycles. The average Bonchev–Trinajstić information content (AvgIpc) is 1.55. The summed E-state index contributed by atoms with van der Waals surface area (Å²) in [6.07, 6.45) is 8.92. The number of hydrogen-bond acceptors (Lipinski definition) is 18. The van der Waals surface area contributed by atoms with Crippen LogP contribution in [0, 0.1) is 47.3 Å². The van der Waals surface area contributed by atoms with Crippen molar-refractivity contribution in [2.75, 3.05) is 121 Å². The van der Waals surface area contributed by atoms with E-state index in [2.05, 4.69) is 138 Å². The minimum absolute atomic E-state index is 0.227. The van der Waals surface area contributed by atoms with E-state index in [0.717, 1.165) is 224 Å². The molecule has 128 heavy (non-hydrogen) atoms. The fourth-order valence-corrected chi connectivity index (χ4v) is 20.0. The number of aryl methyl sites for hydroxylation is 2. The molecule has 10 aliphatic rings. The van der Waals surface area contributed by atoms with Gasteiger partial charge in [0.2, 0.25) is 0 Å². The minimum Gasteiger partial charge on any atom is -0.497 e. The van der Waals surface area contributed by atoms with E-state index < -0.39 is 45.5 Å². The van der Waals surface area contributed by atoms with Crippen LogP contribution < -0.4 is 47.4 Å². The number of carboxylic acids is 4. The van der Waals surface area contributed by atoms with Gasteiger partial charge in [-0.15, -0.1) is 0 Å². The number of likely N-dealkylation sites (tertiary alicyclic amines) is 4. The van der Waals surface area contributed by atoms with E-state index in [4.69, 9.17) is 47.4 Å². The number of rotatable bonds is 18. The molecule has 676 valence electrons. The van der Waals surface area contributed by atoms with Crippen molar-refractivity contribution in [2.24, 2.45) is 33.5 Å². The van der Waals surface area contributed by atoms with Gasteiger partial charge in [0.05, 0.1) is 64.3 Å². The second-order valence-corrected chi connectivity index (χ2v) is 37.4. The highest BCUT2D eigenvalue weighted by Crippen LogP contribution is 2.60. The summed E-state index contributed by atoms with van der Waals surface area (Å²) in [5.41, 5.74) is 24.0. The monoisotopic (exact) mass is 1740 g/mol. The van der Waals surface area contributed by atoms with Crippen molar-refractivity contribution in [2.45, 2.75) is 146 Å². The quantitative estimate of drug-likeness (QED) is 0.0623. The highest BCUT2D eigenvalue weighted by Gasteiger charge is 2.65. The normalized spacial score (nSPS) is 19.9. The van der Waals surface area contributed by atoms with E-state index in [1.807, 2.05) is 54.6 Å². The third-order valence-corrected chi connectivity index (χ3v) is 28.2. The molecular formula is C106H124N4O18. The number of aliphatic carboxylic acids is 4. The SMILES string of the molecule is COc1ccc2c(c1)COc1ccc(C)cc1C2=C1CCN(CC(C)(C)C(=O)O)CC1.COc1ccc2c(c1)COc1ccc(C)cc1C2=C1CCN(CC2(C(=O)O)CC2)CC1.COc1ccc2c(c1)COc1ccc(OC)cc1C2=C1CCN(CC(C)(C)C(=O)O)CC1.COc1ccc2c(c1)COc1ccc(OC)cc1C2=C1CCN(CC2(C(=O)O)C(C)C2C)CC1. The van der Waals surface area contributed by atoms with Gasteiger partial charge in [-0.2, -0.15) is 0 Å². The van der Waals surface area contributed by atoms with Crippen LogP contribution in [0.4, 0.5) is 0 Å². The second-order valence-electron chi connectivity index (χ2n) is 37.4. The summed E-state index contributed by atoms with van der Waals surface area (Å²) in [6, 6.07) is 49.6. The lowest BCUT2D eigenvalue weighted by Gasteiger charge is -2.34. The first-order valence-electron chi connectivity index (χ1n) is 45.0. The van der Waals surface area contributed by atoms with Gasteiger partial charge in [0.15, 0.2) is 0 Å². The van der Waals surface area contributed by atoms with E-state index in [-0.39, 0.29) is 11.8 Å². The Morgan fingerprint density at radius 3 is 0.859 bits per heavy atom. The van der Waals surface area contributed by atoms with Crippen molar-refractivity contribution >= 4 is 46.2 Å². The van der Waals surface area contributed by atoms with Crippen molar-refractivity contribution in [1.29, 1.82) is 0 Å². The van der Waals surface area contributed by atoms with Gasteiger partial charge < -0.3 is 87.4 Å². The van der Waals surface area contributed by atoms with Gasteiger partial charge in [-0.1, -0.05) is 83.7 Å². The van der Waals surface area contributed by atoms with Crippen LogP contribution in [0.25, 0.3) is 22.3 Å². The van der Waals surface area contributed by atoms with Crippen LogP contribution >= 0.6 is 0 Å². The Labute approximate surface area is 752 Å². The number of benzene rings is 8. The minimum atomic E-state index is -0.760. The zero-order valence-corrected chi connectivity index (χ0v) is 76.7. The van der Waals surface area contributed by atoms with Gasteiger partial charge in [-0.25, -0.2) is 0 Å². The van der Waals surface area contributed by atoms with Crippen LogP contribution in [0.15, 0.2) is 168 Å². The van der Waals surface area contributed by atoms with E-state index in [9.17, 15) is 39.6 Å². The lowest BCUT2D eigenvalue weighted by atomic mass is 9.85. The van der Waals surface area contributed by atoms with Gasteiger partial charge in [0.25, 0.3) is 0 Å². The highest BCUT2D eigenvalue weighted by molar-refractivity contribution is 5.92. The van der Waals surface area contributed by atoms with Gasteiger partial charge >= 0.3 is 23.9 Å². The summed E-state index contributed by atoms with van der Waals surface area (Å²) in [6.45, 7) is 26.9. The van der Waals surface area contributed by atoms with Crippen LogP contribution in [0.2, 0.25) is 0 Å². The smallest absolute Gasteiger partial charge is 0.311 e. The molecule has 18 rings (SSSR count). The van der Waals surface area contributed by atoms with E-state index in [0.29, 0.717) is 52.6 Å². The Hall–Kier alpha value is -11.6. The predicted octanol–water partition coefficient (Wildman–Crippen LogP) is 19.0. The van der Waals surface area contributed by atoms with Crippen LogP contribution in [0.3, 0.4) is 0 Å². The number of carboxylic acid groups (broad SMARTS) is 4. The van der Waals surface area contributed by atoms with Gasteiger partial charge in [-0.3, -0.25) is 19.2 Å². The molecule has 22 nitrogen and oxygen atoms in total. The number of carbonyl (C=O) groups is 4. The Bertz CT molecular complexity index is 5490. The third kappa shape index (κ3) is 19.4. The molecule has 2 saturated carbocycles. The van der Waals surface area contributed by atoms with E-state index in [1.165, 1.54) is 72.4 Å². The molecule has 8 aliphatic heterocycles. The molecule has 0 spiro atoms. The Morgan fingerprint density at radius 1 is 0.344 bits per heavy atom. The number of methoxy groups -OCH3 is 6. The molecule has 2 atom stereocenters. The molecule has 2 unspecified atom stereocenters. The van der Waals surface area contributed by atoms with Gasteiger partial charge in [-0.05, 0) is 271 Å².